The van der Waals surface area contributed by atoms with Crippen LogP contribution in [0.4, 0.5) is 4.39 Å². The molecule has 0 N–H and O–H groups in total. The zero-order valence-electron chi connectivity index (χ0n) is 15.3. The van der Waals surface area contributed by atoms with E-state index >= 15 is 0 Å². The van der Waals surface area contributed by atoms with Crippen molar-refractivity contribution in [1.82, 2.24) is 4.98 Å². The molecule has 0 radical (unpaired) electrons. The summed E-state index contributed by atoms with van der Waals surface area (Å²) >= 11 is 0. The van der Waals surface area contributed by atoms with Crippen LogP contribution in [0.15, 0.2) is 83.0 Å². The normalized spacial score (nSPS) is 13.3. The van der Waals surface area contributed by atoms with Crippen molar-refractivity contribution in [3.8, 4) is 11.3 Å². The number of benzene rings is 1. The first kappa shape index (κ1) is 19.2. The number of rotatable bonds is 6. The maximum Gasteiger partial charge on any atom is 0.132 e. The van der Waals surface area contributed by atoms with E-state index in [9.17, 15) is 4.39 Å². The van der Waals surface area contributed by atoms with Crippen molar-refractivity contribution in [3.05, 3.63) is 84.4 Å². The molecule has 2 aromatic rings. The topological polar surface area (TPSA) is 37.6 Å². The van der Waals surface area contributed by atoms with E-state index in [1.807, 2.05) is 38.1 Å². The van der Waals surface area contributed by atoms with E-state index in [0.717, 1.165) is 22.5 Å². The van der Waals surface area contributed by atoms with Crippen molar-refractivity contribution in [3.63, 3.8) is 0 Å². The molecule has 2 rings (SSSR count). The van der Waals surface area contributed by atoms with Gasteiger partial charge in [-0.25, -0.2) is 9.38 Å². The van der Waals surface area contributed by atoms with Crippen LogP contribution in [0.2, 0.25) is 0 Å². The van der Waals surface area contributed by atoms with Gasteiger partial charge in [0.15, 0.2) is 0 Å². The number of hydrogen-bond donors (Lipinski definition) is 0. The lowest BCUT2D eigenvalue weighted by Gasteiger charge is -2.08. The minimum atomic E-state index is -0.301. The van der Waals surface area contributed by atoms with Gasteiger partial charge in [-0.1, -0.05) is 30.9 Å². The molecule has 0 saturated heterocycles. The Bertz CT molecular complexity index is 905. The molecule has 1 heterocycles. The third-order valence-electron chi connectivity index (χ3n) is 3.79. The van der Waals surface area contributed by atoms with E-state index in [0.29, 0.717) is 11.3 Å². The summed E-state index contributed by atoms with van der Waals surface area (Å²) < 4.78 is 14.1. The second-order valence-electron chi connectivity index (χ2n) is 5.42. The van der Waals surface area contributed by atoms with Crippen molar-refractivity contribution < 1.29 is 4.39 Å². The van der Waals surface area contributed by atoms with Gasteiger partial charge in [-0.2, -0.15) is 0 Å². The Morgan fingerprint density at radius 3 is 2.54 bits per heavy atom. The molecular formula is C22H22FN3. The fourth-order valence-corrected chi connectivity index (χ4v) is 2.49. The Morgan fingerprint density at radius 2 is 1.92 bits per heavy atom. The van der Waals surface area contributed by atoms with Gasteiger partial charge >= 0.3 is 0 Å². The standard InChI is InChI=1S/C22H22FN3/c1-5-16(15-24-4)20(6-2)26-21(7-3)17-12-13-25-22(14-17)18-10-8-9-11-19(18)23/h5-15H,2H2,1,3-4H3/b16-5+,21-7-,24-15?,26-20+. The molecule has 0 unspecified atom stereocenters. The van der Waals surface area contributed by atoms with Crippen molar-refractivity contribution >= 4 is 17.6 Å². The highest BCUT2D eigenvalue weighted by Crippen LogP contribution is 2.25. The van der Waals surface area contributed by atoms with Crippen LogP contribution in [0.1, 0.15) is 19.4 Å². The maximum atomic E-state index is 14.1. The van der Waals surface area contributed by atoms with Crippen LogP contribution < -0.4 is 0 Å². The van der Waals surface area contributed by atoms with E-state index in [1.165, 1.54) is 6.07 Å². The highest BCUT2D eigenvalue weighted by Gasteiger charge is 2.09. The number of aromatic nitrogens is 1. The third-order valence-corrected chi connectivity index (χ3v) is 3.79. The molecule has 1 aromatic heterocycles. The smallest absolute Gasteiger partial charge is 0.132 e. The molecule has 26 heavy (non-hydrogen) atoms. The van der Waals surface area contributed by atoms with E-state index in [1.54, 1.807) is 43.7 Å². The molecule has 0 aliphatic carbocycles. The van der Waals surface area contributed by atoms with Gasteiger partial charge in [0.25, 0.3) is 0 Å². The summed E-state index contributed by atoms with van der Waals surface area (Å²) in [6.07, 6.45) is 8.93. The van der Waals surface area contributed by atoms with E-state index in [-0.39, 0.29) is 5.82 Å². The van der Waals surface area contributed by atoms with Crippen LogP contribution in [0.3, 0.4) is 0 Å². The monoisotopic (exact) mass is 347 g/mol. The first-order valence-electron chi connectivity index (χ1n) is 8.32. The minimum Gasteiger partial charge on any atom is -0.296 e. The quantitative estimate of drug-likeness (QED) is 0.634. The summed E-state index contributed by atoms with van der Waals surface area (Å²) in [5.41, 5.74) is 4.23. The minimum absolute atomic E-state index is 0.301. The Kier molecular flexibility index (Phi) is 6.92. The molecule has 0 atom stereocenters. The molecule has 0 spiro atoms. The van der Waals surface area contributed by atoms with Crippen LogP contribution in [0, 0.1) is 5.82 Å². The molecule has 132 valence electrons. The molecule has 3 nitrogen and oxygen atoms in total. The van der Waals surface area contributed by atoms with Gasteiger partial charge in [-0.3, -0.25) is 9.98 Å². The van der Waals surface area contributed by atoms with Gasteiger partial charge in [-0.15, -0.1) is 0 Å². The van der Waals surface area contributed by atoms with E-state index < -0.39 is 0 Å². The van der Waals surface area contributed by atoms with Gasteiger partial charge in [0, 0.05) is 36.2 Å². The fraction of sp³-hybridized carbons (Fsp3) is 0.136. The Hall–Kier alpha value is -3.14. The largest absolute Gasteiger partial charge is 0.296 e. The SMILES string of the molecule is C=CC(=N\C(=C/C)c1ccnc(-c2ccccc2F)c1)/C(C=NC)=C/C. The summed E-state index contributed by atoms with van der Waals surface area (Å²) in [6.45, 7) is 7.68. The van der Waals surface area contributed by atoms with Crippen molar-refractivity contribution in [1.29, 1.82) is 0 Å². The fourth-order valence-electron chi connectivity index (χ4n) is 2.49. The zero-order valence-corrected chi connectivity index (χ0v) is 15.3. The molecule has 0 aliphatic rings. The number of hydrogen-bond acceptors (Lipinski definition) is 3. The van der Waals surface area contributed by atoms with Crippen LogP contribution in [-0.4, -0.2) is 24.0 Å². The van der Waals surface area contributed by atoms with Crippen molar-refractivity contribution in [2.24, 2.45) is 9.98 Å². The lowest BCUT2D eigenvalue weighted by atomic mass is 10.1. The molecular weight excluding hydrogens is 325 g/mol. The second kappa shape index (κ2) is 9.37. The number of aliphatic imine (C=N–C) groups is 2. The predicted octanol–water partition coefficient (Wildman–Crippen LogP) is 5.52. The van der Waals surface area contributed by atoms with E-state index in [4.69, 9.17) is 4.99 Å². The van der Waals surface area contributed by atoms with Gasteiger partial charge < -0.3 is 0 Å². The average molecular weight is 347 g/mol. The van der Waals surface area contributed by atoms with Crippen molar-refractivity contribution in [2.45, 2.75) is 13.8 Å². The molecule has 0 aliphatic heterocycles. The summed E-state index contributed by atoms with van der Waals surface area (Å²) in [7, 11) is 1.71. The second-order valence-corrected chi connectivity index (χ2v) is 5.42. The maximum absolute atomic E-state index is 14.1. The Labute approximate surface area is 154 Å². The number of halogens is 1. The van der Waals surface area contributed by atoms with Crippen LogP contribution in [-0.2, 0) is 0 Å². The number of pyridine rings is 1. The number of nitrogens with zero attached hydrogens (tertiary/aromatic N) is 3. The summed E-state index contributed by atoms with van der Waals surface area (Å²) in [6, 6.07) is 10.3. The average Bonchev–Trinajstić information content (AvgIpc) is 2.68. The van der Waals surface area contributed by atoms with Gasteiger partial charge in [0.05, 0.1) is 17.1 Å². The molecule has 0 bridgehead atoms. The number of allylic oxidation sites excluding steroid dienone is 4. The Balaban J connectivity index is 2.49. The molecule has 0 fully saturated rings. The van der Waals surface area contributed by atoms with Gasteiger partial charge in [0.1, 0.15) is 5.82 Å². The molecule has 4 heteroatoms. The Morgan fingerprint density at radius 1 is 1.15 bits per heavy atom. The van der Waals surface area contributed by atoms with Crippen molar-refractivity contribution in [2.75, 3.05) is 7.05 Å². The van der Waals surface area contributed by atoms with E-state index in [2.05, 4.69) is 16.6 Å². The van der Waals surface area contributed by atoms with Gasteiger partial charge in [-0.05, 0) is 44.2 Å². The third kappa shape index (κ3) is 4.48. The molecule has 0 amide bonds. The van der Waals surface area contributed by atoms with Gasteiger partial charge in [0.2, 0.25) is 0 Å². The first-order chi connectivity index (χ1) is 12.6. The highest BCUT2D eigenvalue weighted by molar-refractivity contribution is 6.22. The molecule has 1 aromatic carbocycles. The lowest BCUT2D eigenvalue weighted by molar-refractivity contribution is 0.630. The first-order valence-corrected chi connectivity index (χ1v) is 8.32. The summed E-state index contributed by atoms with van der Waals surface area (Å²) in [4.78, 5) is 13.1. The highest BCUT2D eigenvalue weighted by atomic mass is 19.1. The predicted molar refractivity (Wildman–Crippen MR) is 109 cm³/mol. The summed E-state index contributed by atoms with van der Waals surface area (Å²) in [5, 5.41) is 0. The van der Waals surface area contributed by atoms with Crippen LogP contribution >= 0.6 is 0 Å². The van der Waals surface area contributed by atoms with Crippen LogP contribution in [0.25, 0.3) is 17.0 Å². The molecule has 0 saturated carbocycles. The zero-order chi connectivity index (χ0) is 18.9. The lowest BCUT2D eigenvalue weighted by Crippen LogP contribution is -2.01. The summed E-state index contributed by atoms with van der Waals surface area (Å²) in [5.74, 6) is -0.301. The van der Waals surface area contributed by atoms with Crippen LogP contribution in [0.5, 0.6) is 0 Å².